The highest BCUT2D eigenvalue weighted by molar-refractivity contribution is 6.01. The number of rotatable bonds is 5. The molecule has 1 N–H and O–H groups in total. The van der Waals surface area contributed by atoms with Crippen LogP contribution in [0, 0.1) is 25.2 Å². The number of ketones is 1. The Hall–Kier alpha value is -3.07. The molecule has 0 spiro atoms. The number of carbonyl (C=O) groups is 1. The first kappa shape index (κ1) is 18.7. The SMILES string of the molecule is Cc1ccccc1OCC(=O)c1c(C)c(C#N)c(=O)n(C2CCCC2)c1O. The molecule has 1 fully saturated rings. The number of hydrogen-bond donors (Lipinski definition) is 1. The predicted octanol–water partition coefficient (Wildman–Crippen LogP) is 3.42. The summed E-state index contributed by atoms with van der Waals surface area (Å²) in [6, 6.07) is 9.02. The third kappa shape index (κ3) is 3.45. The van der Waals surface area contributed by atoms with Gasteiger partial charge in [0.05, 0.1) is 5.56 Å². The van der Waals surface area contributed by atoms with Crippen molar-refractivity contribution in [2.45, 2.75) is 45.6 Å². The Labute approximate surface area is 157 Å². The number of aromatic nitrogens is 1. The van der Waals surface area contributed by atoms with E-state index in [0.29, 0.717) is 5.75 Å². The topological polar surface area (TPSA) is 92.3 Å². The number of ether oxygens (including phenoxy) is 1. The van der Waals surface area contributed by atoms with Gasteiger partial charge in [-0.15, -0.1) is 0 Å². The van der Waals surface area contributed by atoms with Gasteiger partial charge in [-0.25, -0.2) is 0 Å². The molecule has 1 heterocycles. The fraction of sp³-hybridized carbons (Fsp3) is 0.381. The van der Waals surface area contributed by atoms with Crippen LogP contribution in [0.4, 0.5) is 0 Å². The lowest BCUT2D eigenvalue weighted by Gasteiger charge is -2.20. The van der Waals surface area contributed by atoms with Crippen molar-refractivity contribution < 1.29 is 14.6 Å². The van der Waals surface area contributed by atoms with Crippen molar-refractivity contribution >= 4 is 5.78 Å². The van der Waals surface area contributed by atoms with Crippen LogP contribution in [0.25, 0.3) is 0 Å². The highest BCUT2D eigenvalue weighted by atomic mass is 16.5. The second-order valence-electron chi connectivity index (χ2n) is 6.90. The van der Waals surface area contributed by atoms with E-state index >= 15 is 0 Å². The molecule has 3 rings (SSSR count). The number of benzene rings is 1. The first-order chi connectivity index (χ1) is 13.0. The van der Waals surface area contributed by atoms with Crippen molar-refractivity contribution in [3.8, 4) is 17.7 Å². The molecule has 0 amide bonds. The minimum absolute atomic E-state index is 0.00775. The van der Waals surface area contributed by atoms with Crippen LogP contribution >= 0.6 is 0 Å². The summed E-state index contributed by atoms with van der Waals surface area (Å²) in [5, 5.41) is 20.2. The van der Waals surface area contributed by atoms with Gasteiger partial charge in [-0.05, 0) is 43.9 Å². The van der Waals surface area contributed by atoms with Crippen LogP contribution in [0.1, 0.15) is 58.8 Å². The average Bonchev–Trinajstić information content (AvgIpc) is 3.15. The van der Waals surface area contributed by atoms with Crippen molar-refractivity contribution in [1.29, 1.82) is 5.26 Å². The van der Waals surface area contributed by atoms with Crippen molar-refractivity contribution in [3.05, 3.63) is 56.9 Å². The molecule has 6 nitrogen and oxygen atoms in total. The van der Waals surface area contributed by atoms with E-state index in [-0.39, 0.29) is 35.2 Å². The predicted molar refractivity (Wildman–Crippen MR) is 100 cm³/mol. The molecular formula is C21H22N2O4. The zero-order valence-electron chi connectivity index (χ0n) is 15.5. The van der Waals surface area contributed by atoms with E-state index in [1.54, 1.807) is 6.07 Å². The lowest BCUT2D eigenvalue weighted by Crippen LogP contribution is -2.29. The number of para-hydroxylation sites is 1. The number of nitriles is 1. The van der Waals surface area contributed by atoms with Gasteiger partial charge in [0.15, 0.2) is 6.61 Å². The lowest BCUT2D eigenvalue weighted by atomic mass is 10.0. The second kappa shape index (κ2) is 7.67. The van der Waals surface area contributed by atoms with E-state index in [4.69, 9.17) is 4.74 Å². The normalized spacial score (nSPS) is 14.1. The maximum absolute atomic E-state index is 12.8. The van der Waals surface area contributed by atoms with Crippen LogP contribution in [-0.4, -0.2) is 22.1 Å². The van der Waals surface area contributed by atoms with Crippen LogP contribution in [0.2, 0.25) is 0 Å². The van der Waals surface area contributed by atoms with Crippen molar-refractivity contribution in [1.82, 2.24) is 4.57 Å². The molecule has 1 aromatic carbocycles. The number of aryl methyl sites for hydroxylation is 1. The van der Waals surface area contributed by atoms with E-state index in [0.717, 1.165) is 31.2 Å². The molecule has 2 aromatic rings. The number of pyridine rings is 1. The molecule has 140 valence electrons. The number of Topliss-reactive ketones (excluding diaryl/α,β-unsaturated/α-hetero) is 1. The summed E-state index contributed by atoms with van der Waals surface area (Å²) >= 11 is 0. The molecule has 1 aliphatic rings. The van der Waals surface area contributed by atoms with Gasteiger partial charge in [0.2, 0.25) is 11.7 Å². The first-order valence-electron chi connectivity index (χ1n) is 9.05. The number of nitrogens with zero attached hydrogens (tertiary/aromatic N) is 2. The smallest absolute Gasteiger partial charge is 0.271 e. The van der Waals surface area contributed by atoms with E-state index < -0.39 is 11.3 Å². The molecule has 0 radical (unpaired) electrons. The van der Waals surface area contributed by atoms with Crippen molar-refractivity contribution in [2.24, 2.45) is 0 Å². The first-order valence-corrected chi connectivity index (χ1v) is 9.05. The monoisotopic (exact) mass is 366 g/mol. The molecule has 0 saturated heterocycles. The van der Waals surface area contributed by atoms with Crippen LogP contribution in [0.3, 0.4) is 0 Å². The lowest BCUT2D eigenvalue weighted by molar-refractivity contribution is 0.0915. The second-order valence-corrected chi connectivity index (χ2v) is 6.90. The Kier molecular flexibility index (Phi) is 5.31. The Balaban J connectivity index is 2.00. The van der Waals surface area contributed by atoms with Gasteiger partial charge < -0.3 is 9.84 Å². The van der Waals surface area contributed by atoms with Gasteiger partial charge >= 0.3 is 0 Å². The molecule has 6 heteroatoms. The van der Waals surface area contributed by atoms with E-state index in [1.165, 1.54) is 11.5 Å². The molecular weight excluding hydrogens is 344 g/mol. The molecule has 0 atom stereocenters. The Morgan fingerprint density at radius 1 is 1.30 bits per heavy atom. The number of carbonyl (C=O) groups excluding carboxylic acids is 1. The maximum Gasteiger partial charge on any atom is 0.271 e. The Bertz CT molecular complexity index is 979. The Morgan fingerprint density at radius 2 is 1.96 bits per heavy atom. The average molecular weight is 366 g/mol. The van der Waals surface area contributed by atoms with Gasteiger partial charge in [-0.3, -0.25) is 14.2 Å². The molecule has 1 aromatic heterocycles. The molecule has 0 aliphatic heterocycles. The highest BCUT2D eigenvalue weighted by Gasteiger charge is 2.29. The minimum atomic E-state index is -0.532. The van der Waals surface area contributed by atoms with Gasteiger partial charge in [-0.2, -0.15) is 5.26 Å². The zero-order valence-corrected chi connectivity index (χ0v) is 15.5. The molecule has 0 bridgehead atoms. The fourth-order valence-electron chi connectivity index (χ4n) is 3.69. The summed E-state index contributed by atoms with van der Waals surface area (Å²) in [5.41, 5.74) is 0.453. The molecule has 0 unspecified atom stereocenters. The fourth-order valence-corrected chi connectivity index (χ4v) is 3.69. The summed E-state index contributed by atoms with van der Waals surface area (Å²) in [7, 11) is 0. The Morgan fingerprint density at radius 3 is 2.59 bits per heavy atom. The number of aromatic hydroxyl groups is 1. The summed E-state index contributed by atoms with van der Waals surface area (Å²) in [4.78, 5) is 25.5. The third-order valence-corrected chi connectivity index (χ3v) is 5.17. The van der Waals surface area contributed by atoms with Crippen LogP contribution in [0.5, 0.6) is 11.6 Å². The summed E-state index contributed by atoms with van der Waals surface area (Å²) in [6.07, 6.45) is 3.39. The molecule has 1 saturated carbocycles. The van der Waals surface area contributed by atoms with E-state index in [1.807, 2.05) is 31.2 Å². The van der Waals surface area contributed by atoms with Crippen LogP contribution < -0.4 is 10.3 Å². The summed E-state index contributed by atoms with van der Waals surface area (Å²) in [6.45, 7) is 3.10. The van der Waals surface area contributed by atoms with Gasteiger partial charge in [-0.1, -0.05) is 31.0 Å². The number of hydrogen-bond acceptors (Lipinski definition) is 5. The standard InChI is InChI=1S/C21H22N2O4/c1-13-7-3-6-10-18(13)27-12-17(24)19-14(2)16(11-22)20(25)23(21(19)26)15-8-4-5-9-15/h3,6-7,10,15,26H,4-5,8-9,12H2,1-2H3. The minimum Gasteiger partial charge on any atom is -0.494 e. The summed E-state index contributed by atoms with van der Waals surface area (Å²) in [5.74, 6) is -0.245. The van der Waals surface area contributed by atoms with Crippen LogP contribution in [0.15, 0.2) is 29.1 Å². The van der Waals surface area contributed by atoms with Gasteiger partial charge in [0.25, 0.3) is 5.56 Å². The van der Waals surface area contributed by atoms with Gasteiger partial charge in [0.1, 0.15) is 17.4 Å². The molecule has 27 heavy (non-hydrogen) atoms. The maximum atomic E-state index is 12.8. The van der Waals surface area contributed by atoms with Crippen LogP contribution in [-0.2, 0) is 0 Å². The zero-order chi connectivity index (χ0) is 19.6. The third-order valence-electron chi connectivity index (χ3n) is 5.17. The summed E-state index contributed by atoms with van der Waals surface area (Å²) < 4.78 is 6.82. The largest absolute Gasteiger partial charge is 0.494 e. The van der Waals surface area contributed by atoms with Gasteiger partial charge in [0, 0.05) is 6.04 Å². The highest BCUT2D eigenvalue weighted by Crippen LogP contribution is 2.34. The van der Waals surface area contributed by atoms with Crippen molar-refractivity contribution in [3.63, 3.8) is 0 Å². The van der Waals surface area contributed by atoms with E-state index in [9.17, 15) is 20.0 Å². The quantitative estimate of drug-likeness (QED) is 0.819. The van der Waals surface area contributed by atoms with E-state index in [2.05, 4.69) is 0 Å². The van der Waals surface area contributed by atoms with Crippen molar-refractivity contribution in [2.75, 3.05) is 6.61 Å². The molecule has 1 aliphatic carbocycles.